The van der Waals surface area contributed by atoms with E-state index in [9.17, 15) is 4.79 Å². The quantitative estimate of drug-likeness (QED) is 0.299. The van der Waals surface area contributed by atoms with E-state index < -0.39 is 0 Å². The lowest BCUT2D eigenvalue weighted by atomic mass is 10.1. The topological polar surface area (TPSA) is 48.7 Å². The molecule has 0 aliphatic rings. The van der Waals surface area contributed by atoms with Gasteiger partial charge in [-0.25, -0.2) is 0 Å². The van der Waals surface area contributed by atoms with Crippen molar-refractivity contribution < 1.29 is 13.9 Å². The first-order valence-corrected chi connectivity index (χ1v) is 10.5. The molecule has 31 heavy (non-hydrogen) atoms. The van der Waals surface area contributed by atoms with E-state index in [4.69, 9.17) is 37.1 Å². The Labute approximate surface area is 189 Å². The number of fused-ring (bicyclic) bond motifs is 1. The first kappa shape index (κ1) is 21.3. The molecule has 158 valence electrons. The third-order valence-corrected chi connectivity index (χ3v) is 5.60. The second-order valence-corrected chi connectivity index (χ2v) is 7.99. The number of hydrogen-bond donors (Lipinski definition) is 0. The lowest BCUT2D eigenvalue weighted by Gasteiger charge is -2.13. The van der Waals surface area contributed by atoms with Crippen LogP contribution >= 0.6 is 23.2 Å². The Bertz CT molecular complexity index is 1290. The largest absolute Gasteiger partial charge is 0.490 e. The van der Waals surface area contributed by atoms with Gasteiger partial charge in [0.2, 0.25) is 11.2 Å². The van der Waals surface area contributed by atoms with Gasteiger partial charge in [0.25, 0.3) is 0 Å². The third kappa shape index (κ3) is 4.55. The van der Waals surface area contributed by atoms with Crippen LogP contribution in [0.2, 0.25) is 10.0 Å². The molecular weight excluding hydrogens is 435 g/mol. The van der Waals surface area contributed by atoms with Crippen LogP contribution in [0, 0.1) is 13.8 Å². The molecule has 1 aromatic heterocycles. The molecule has 0 atom stereocenters. The van der Waals surface area contributed by atoms with Crippen molar-refractivity contribution in [2.45, 2.75) is 13.8 Å². The number of ether oxygens (including phenoxy) is 2. The lowest BCUT2D eigenvalue weighted by Crippen LogP contribution is -2.15. The molecule has 3 aromatic carbocycles. The fourth-order valence-corrected chi connectivity index (χ4v) is 3.58. The normalized spacial score (nSPS) is 11.0. The summed E-state index contributed by atoms with van der Waals surface area (Å²) in [7, 11) is 0. The van der Waals surface area contributed by atoms with E-state index in [1.807, 2.05) is 50.2 Å². The van der Waals surface area contributed by atoms with Crippen LogP contribution in [-0.2, 0) is 0 Å². The van der Waals surface area contributed by atoms with Crippen LogP contribution in [0.15, 0.2) is 69.9 Å². The van der Waals surface area contributed by atoms with Gasteiger partial charge in [-0.2, -0.15) is 0 Å². The van der Waals surface area contributed by atoms with Crippen LogP contribution in [0.25, 0.3) is 22.3 Å². The van der Waals surface area contributed by atoms with E-state index in [-0.39, 0.29) is 30.2 Å². The molecule has 0 aliphatic carbocycles. The van der Waals surface area contributed by atoms with Gasteiger partial charge in [0.05, 0.1) is 10.4 Å². The maximum absolute atomic E-state index is 13.3. The lowest BCUT2D eigenvalue weighted by molar-refractivity contribution is 0.214. The SMILES string of the molecule is Cc1ccc(OCCOc2c(-c3ccccc3Cl)oc3cc(C)c(Cl)cc3c2=O)cc1. The van der Waals surface area contributed by atoms with Crippen molar-refractivity contribution in [1.29, 1.82) is 0 Å². The molecule has 0 saturated heterocycles. The van der Waals surface area contributed by atoms with Gasteiger partial charge in [-0.05, 0) is 55.8 Å². The Morgan fingerprint density at radius 1 is 0.871 bits per heavy atom. The van der Waals surface area contributed by atoms with Gasteiger partial charge in [0, 0.05) is 10.6 Å². The molecule has 1 heterocycles. The summed E-state index contributed by atoms with van der Waals surface area (Å²) in [6.45, 7) is 4.28. The molecule has 0 fully saturated rings. The molecule has 0 unspecified atom stereocenters. The van der Waals surface area contributed by atoms with Crippen molar-refractivity contribution in [2.24, 2.45) is 0 Å². The second kappa shape index (κ2) is 9.04. The Hall–Kier alpha value is -2.95. The highest BCUT2D eigenvalue weighted by molar-refractivity contribution is 6.33. The summed E-state index contributed by atoms with van der Waals surface area (Å²) in [6.07, 6.45) is 0. The molecule has 4 rings (SSSR count). The third-order valence-electron chi connectivity index (χ3n) is 4.87. The van der Waals surface area contributed by atoms with Gasteiger partial charge in [-0.1, -0.05) is 53.0 Å². The van der Waals surface area contributed by atoms with Crippen LogP contribution < -0.4 is 14.9 Å². The predicted octanol–water partition coefficient (Wildman–Crippen LogP) is 6.84. The van der Waals surface area contributed by atoms with Crippen molar-refractivity contribution in [3.63, 3.8) is 0 Å². The highest BCUT2D eigenvalue weighted by atomic mass is 35.5. The molecular formula is C25H20Cl2O4. The fraction of sp³-hybridized carbons (Fsp3) is 0.160. The molecule has 0 radical (unpaired) electrons. The van der Waals surface area contributed by atoms with Gasteiger partial charge in [-0.3, -0.25) is 4.79 Å². The van der Waals surface area contributed by atoms with Crippen molar-refractivity contribution in [2.75, 3.05) is 13.2 Å². The maximum atomic E-state index is 13.3. The van der Waals surface area contributed by atoms with Crippen LogP contribution in [0.1, 0.15) is 11.1 Å². The van der Waals surface area contributed by atoms with E-state index in [2.05, 4.69) is 0 Å². The van der Waals surface area contributed by atoms with Crippen molar-refractivity contribution in [3.05, 3.63) is 92.1 Å². The Morgan fingerprint density at radius 3 is 2.32 bits per heavy atom. The Kier molecular flexibility index (Phi) is 6.21. The van der Waals surface area contributed by atoms with Gasteiger partial charge in [-0.15, -0.1) is 0 Å². The molecule has 0 amide bonds. The zero-order valence-electron chi connectivity index (χ0n) is 17.1. The van der Waals surface area contributed by atoms with Crippen molar-refractivity contribution in [1.82, 2.24) is 0 Å². The van der Waals surface area contributed by atoms with Gasteiger partial charge in [0.1, 0.15) is 24.5 Å². The molecule has 4 aromatic rings. The van der Waals surface area contributed by atoms with Crippen LogP contribution in [0.3, 0.4) is 0 Å². The first-order chi connectivity index (χ1) is 14.9. The average molecular weight is 455 g/mol. The number of hydrogen-bond acceptors (Lipinski definition) is 4. The summed E-state index contributed by atoms with van der Waals surface area (Å²) in [4.78, 5) is 13.3. The summed E-state index contributed by atoms with van der Waals surface area (Å²) in [5, 5.41) is 1.29. The van der Waals surface area contributed by atoms with E-state index in [1.165, 1.54) is 0 Å². The standard InChI is InChI=1S/C25H20Cl2O4/c1-15-7-9-17(10-8-15)29-11-12-30-25-23(28)19-14-21(27)16(2)13-22(19)31-24(25)18-5-3-4-6-20(18)26/h3-10,13-14H,11-12H2,1-2H3. The highest BCUT2D eigenvalue weighted by Crippen LogP contribution is 2.36. The Morgan fingerprint density at radius 2 is 1.58 bits per heavy atom. The minimum Gasteiger partial charge on any atom is -0.490 e. The average Bonchev–Trinajstić information content (AvgIpc) is 2.75. The first-order valence-electron chi connectivity index (χ1n) is 9.78. The number of rotatable bonds is 6. The molecule has 4 nitrogen and oxygen atoms in total. The molecule has 0 spiro atoms. The van der Waals surface area contributed by atoms with Gasteiger partial charge < -0.3 is 13.9 Å². The van der Waals surface area contributed by atoms with Crippen LogP contribution in [0.5, 0.6) is 11.5 Å². The van der Waals surface area contributed by atoms with Crippen molar-refractivity contribution in [3.8, 4) is 22.8 Å². The van der Waals surface area contributed by atoms with Gasteiger partial charge in [0.15, 0.2) is 5.76 Å². The molecule has 0 saturated carbocycles. The zero-order valence-corrected chi connectivity index (χ0v) is 18.6. The predicted molar refractivity (Wildman–Crippen MR) is 125 cm³/mol. The maximum Gasteiger partial charge on any atom is 0.235 e. The van der Waals surface area contributed by atoms with Crippen LogP contribution in [-0.4, -0.2) is 13.2 Å². The summed E-state index contributed by atoms with van der Waals surface area (Å²) in [5.74, 6) is 1.08. The fourth-order valence-electron chi connectivity index (χ4n) is 3.19. The van der Waals surface area contributed by atoms with E-state index in [1.54, 1.807) is 24.3 Å². The second-order valence-electron chi connectivity index (χ2n) is 7.18. The van der Waals surface area contributed by atoms with E-state index in [0.29, 0.717) is 26.6 Å². The van der Waals surface area contributed by atoms with Crippen molar-refractivity contribution >= 4 is 34.2 Å². The minimum absolute atomic E-state index is 0.0769. The minimum atomic E-state index is -0.312. The van der Waals surface area contributed by atoms with Gasteiger partial charge >= 0.3 is 0 Å². The van der Waals surface area contributed by atoms with E-state index >= 15 is 0 Å². The monoisotopic (exact) mass is 454 g/mol. The number of aryl methyl sites for hydroxylation is 2. The summed E-state index contributed by atoms with van der Waals surface area (Å²) in [6, 6.07) is 18.2. The summed E-state index contributed by atoms with van der Waals surface area (Å²) < 4.78 is 17.7. The highest BCUT2D eigenvalue weighted by Gasteiger charge is 2.20. The number of halogens is 2. The molecule has 0 aliphatic heterocycles. The molecule has 0 N–H and O–H groups in total. The summed E-state index contributed by atoms with van der Waals surface area (Å²) >= 11 is 12.6. The van der Waals surface area contributed by atoms with Crippen LogP contribution in [0.4, 0.5) is 0 Å². The zero-order chi connectivity index (χ0) is 22.0. The molecule has 0 bridgehead atoms. The van der Waals surface area contributed by atoms with E-state index in [0.717, 1.165) is 16.9 Å². The summed E-state index contributed by atoms with van der Waals surface area (Å²) in [5.41, 5.74) is 2.64. The number of benzene rings is 3. The smallest absolute Gasteiger partial charge is 0.235 e. The Balaban J connectivity index is 1.69. The molecule has 6 heteroatoms.